The number of carboxylic acid groups (broad SMARTS) is 1. The van der Waals surface area contributed by atoms with Crippen molar-refractivity contribution in [3.8, 4) is 0 Å². The summed E-state index contributed by atoms with van der Waals surface area (Å²) in [4.78, 5) is 24.6. The average Bonchev–Trinajstić information content (AvgIpc) is 2.94. The first-order valence-electron chi connectivity index (χ1n) is 7.57. The van der Waals surface area contributed by atoms with Gasteiger partial charge in [0.25, 0.3) is 5.91 Å². The van der Waals surface area contributed by atoms with E-state index < -0.39 is 5.97 Å². The Morgan fingerprint density at radius 2 is 2.05 bits per heavy atom. The molecular formula is C15H23N3O3. The van der Waals surface area contributed by atoms with Gasteiger partial charge in [0, 0.05) is 17.7 Å². The molecule has 1 aliphatic carbocycles. The maximum Gasteiger partial charge on any atom is 0.323 e. The topological polar surface area (TPSA) is 86.3 Å². The quantitative estimate of drug-likeness (QED) is 0.872. The monoisotopic (exact) mass is 293 g/mol. The Kier molecular flexibility index (Phi) is 4.98. The molecular weight excluding hydrogens is 270 g/mol. The molecule has 1 aromatic rings. The molecule has 0 aromatic carbocycles. The van der Waals surface area contributed by atoms with Crippen molar-refractivity contribution in [1.29, 1.82) is 0 Å². The molecule has 2 rings (SSSR count). The Labute approximate surface area is 124 Å². The highest BCUT2D eigenvalue weighted by molar-refractivity contribution is 5.94. The number of hydrogen-bond donors (Lipinski definition) is 2. The molecule has 0 saturated heterocycles. The molecule has 1 saturated carbocycles. The highest BCUT2D eigenvalue weighted by atomic mass is 16.4. The Morgan fingerprint density at radius 3 is 2.62 bits per heavy atom. The molecule has 1 aromatic heterocycles. The van der Waals surface area contributed by atoms with E-state index >= 15 is 0 Å². The highest BCUT2D eigenvalue weighted by Gasteiger charge is 2.25. The van der Waals surface area contributed by atoms with Gasteiger partial charge in [-0.25, -0.2) is 0 Å². The molecule has 0 radical (unpaired) electrons. The van der Waals surface area contributed by atoms with Crippen LogP contribution in [0.15, 0.2) is 6.07 Å². The number of carboxylic acids is 1. The first-order valence-corrected chi connectivity index (χ1v) is 7.57. The van der Waals surface area contributed by atoms with Crippen LogP contribution in [0.2, 0.25) is 0 Å². The number of carbonyl (C=O) groups excluding carboxylic acids is 1. The lowest BCUT2D eigenvalue weighted by Crippen LogP contribution is -2.40. The smallest absolute Gasteiger partial charge is 0.323 e. The van der Waals surface area contributed by atoms with Crippen molar-refractivity contribution < 1.29 is 14.7 Å². The number of aromatic amines is 1. The summed E-state index contributed by atoms with van der Waals surface area (Å²) in [5.41, 5.74) is 1.31. The van der Waals surface area contributed by atoms with Crippen molar-refractivity contribution in [3.63, 3.8) is 0 Å². The molecule has 6 heteroatoms. The van der Waals surface area contributed by atoms with Gasteiger partial charge in [-0.3, -0.25) is 14.7 Å². The summed E-state index contributed by atoms with van der Waals surface area (Å²) in [5.74, 6) is -0.898. The molecule has 0 atom stereocenters. The zero-order valence-corrected chi connectivity index (χ0v) is 12.6. The Hall–Kier alpha value is -1.85. The van der Waals surface area contributed by atoms with Gasteiger partial charge in [-0.15, -0.1) is 0 Å². The largest absolute Gasteiger partial charge is 0.480 e. The third-order valence-corrected chi connectivity index (χ3v) is 4.05. The van der Waals surface area contributed by atoms with E-state index in [1.165, 1.54) is 24.2 Å². The lowest BCUT2D eigenvalue weighted by atomic mass is 9.87. The summed E-state index contributed by atoms with van der Waals surface area (Å²) in [7, 11) is 0. The maximum atomic E-state index is 12.4. The number of nitrogens with one attached hydrogen (secondary N) is 1. The molecule has 6 nitrogen and oxygen atoms in total. The summed E-state index contributed by atoms with van der Waals surface area (Å²) in [6, 6.07) is 1.61. The third-order valence-electron chi connectivity index (χ3n) is 4.05. The fourth-order valence-electron chi connectivity index (χ4n) is 2.85. The maximum absolute atomic E-state index is 12.4. The van der Waals surface area contributed by atoms with Crippen LogP contribution in [0.1, 0.15) is 68.1 Å². The molecule has 116 valence electrons. The summed E-state index contributed by atoms with van der Waals surface area (Å²) in [5, 5.41) is 16.0. The molecule has 1 fully saturated rings. The molecule has 0 spiro atoms. The minimum absolute atomic E-state index is 0.177. The summed E-state index contributed by atoms with van der Waals surface area (Å²) >= 11 is 0. The van der Waals surface area contributed by atoms with Gasteiger partial charge in [0.2, 0.25) is 0 Å². The lowest BCUT2D eigenvalue weighted by Gasteiger charge is -2.23. The van der Waals surface area contributed by atoms with Gasteiger partial charge in [-0.2, -0.15) is 5.10 Å². The number of rotatable bonds is 5. The summed E-state index contributed by atoms with van der Waals surface area (Å²) in [6.07, 6.45) is 5.95. The second-order valence-electron chi connectivity index (χ2n) is 5.96. The van der Waals surface area contributed by atoms with Crippen molar-refractivity contribution >= 4 is 11.9 Å². The van der Waals surface area contributed by atoms with Crippen molar-refractivity contribution in [1.82, 2.24) is 15.1 Å². The van der Waals surface area contributed by atoms with E-state index in [0.717, 1.165) is 18.5 Å². The van der Waals surface area contributed by atoms with Crippen LogP contribution in [-0.4, -0.2) is 44.7 Å². The Balaban J connectivity index is 2.11. The normalized spacial score (nSPS) is 16.1. The number of hydrogen-bond acceptors (Lipinski definition) is 3. The molecule has 1 aliphatic rings. The van der Waals surface area contributed by atoms with Crippen molar-refractivity contribution in [2.75, 3.05) is 6.54 Å². The van der Waals surface area contributed by atoms with E-state index in [0.29, 0.717) is 11.6 Å². The van der Waals surface area contributed by atoms with E-state index in [4.69, 9.17) is 5.11 Å². The number of aliphatic carboxylic acids is 1. The van der Waals surface area contributed by atoms with Crippen LogP contribution in [0, 0.1) is 0 Å². The van der Waals surface area contributed by atoms with Crippen LogP contribution in [0.3, 0.4) is 0 Å². The number of nitrogens with zero attached hydrogens (tertiary/aromatic N) is 2. The predicted octanol–water partition coefficient (Wildman–Crippen LogP) is 2.39. The van der Waals surface area contributed by atoms with Crippen LogP contribution in [0.25, 0.3) is 0 Å². The fraction of sp³-hybridized carbons (Fsp3) is 0.667. The SMILES string of the molecule is CC(C)N(CC(=O)O)C(=O)c1cc(C2CCCCC2)[nH]n1. The van der Waals surface area contributed by atoms with Crippen molar-refractivity contribution in [3.05, 3.63) is 17.5 Å². The minimum Gasteiger partial charge on any atom is -0.480 e. The van der Waals surface area contributed by atoms with Crippen molar-refractivity contribution in [2.24, 2.45) is 0 Å². The number of H-pyrrole nitrogens is 1. The third kappa shape index (κ3) is 3.83. The van der Waals surface area contributed by atoms with E-state index in [2.05, 4.69) is 10.2 Å². The molecule has 0 aliphatic heterocycles. The van der Waals surface area contributed by atoms with Gasteiger partial charge >= 0.3 is 5.97 Å². The minimum atomic E-state index is -1.01. The summed E-state index contributed by atoms with van der Waals surface area (Å²) in [6.45, 7) is 3.30. The molecule has 21 heavy (non-hydrogen) atoms. The molecule has 0 bridgehead atoms. The van der Waals surface area contributed by atoms with Gasteiger partial charge in [0.1, 0.15) is 12.2 Å². The van der Waals surface area contributed by atoms with Crippen LogP contribution in [0.5, 0.6) is 0 Å². The standard InChI is InChI=1S/C15H23N3O3/c1-10(2)18(9-14(19)20)15(21)13-8-12(16-17-13)11-6-4-3-5-7-11/h8,10-11H,3-7,9H2,1-2H3,(H,16,17)(H,19,20). The number of aromatic nitrogens is 2. The first kappa shape index (κ1) is 15.5. The van der Waals surface area contributed by atoms with E-state index in [9.17, 15) is 9.59 Å². The molecule has 2 N–H and O–H groups in total. The predicted molar refractivity (Wildman–Crippen MR) is 78.2 cm³/mol. The van der Waals surface area contributed by atoms with Crippen LogP contribution in [-0.2, 0) is 4.79 Å². The van der Waals surface area contributed by atoms with Gasteiger partial charge in [0.05, 0.1) is 0 Å². The van der Waals surface area contributed by atoms with Crippen LogP contribution in [0.4, 0.5) is 0 Å². The fourth-order valence-corrected chi connectivity index (χ4v) is 2.85. The highest BCUT2D eigenvalue weighted by Crippen LogP contribution is 2.31. The lowest BCUT2D eigenvalue weighted by molar-refractivity contribution is -0.138. The number of carbonyl (C=O) groups is 2. The Morgan fingerprint density at radius 1 is 1.38 bits per heavy atom. The molecule has 0 unspecified atom stereocenters. The van der Waals surface area contributed by atoms with Crippen LogP contribution < -0.4 is 0 Å². The second kappa shape index (κ2) is 6.74. The number of amides is 1. The summed E-state index contributed by atoms with van der Waals surface area (Å²) < 4.78 is 0. The van der Waals surface area contributed by atoms with E-state index in [1.54, 1.807) is 19.9 Å². The second-order valence-corrected chi connectivity index (χ2v) is 5.96. The van der Waals surface area contributed by atoms with E-state index in [1.807, 2.05) is 0 Å². The first-order chi connectivity index (χ1) is 9.99. The van der Waals surface area contributed by atoms with E-state index in [-0.39, 0.29) is 18.5 Å². The van der Waals surface area contributed by atoms with Gasteiger partial charge in [-0.1, -0.05) is 19.3 Å². The molecule has 1 amide bonds. The Bertz CT molecular complexity index is 504. The van der Waals surface area contributed by atoms with Gasteiger partial charge < -0.3 is 10.0 Å². The van der Waals surface area contributed by atoms with Gasteiger partial charge in [0.15, 0.2) is 0 Å². The van der Waals surface area contributed by atoms with Crippen molar-refractivity contribution in [2.45, 2.75) is 57.9 Å². The zero-order valence-electron chi connectivity index (χ0n) is 12.6. The van der Waals surface area contributed by atoms with Gasteiger partial charge in [-0.05, 0) is 32.8 Å². The molecule has 1 heterocycles. The average molecular weight is 293 g/mol. The zero-order chi connectivity index (χ0) is 15.4. The van der Waals surface area contributed by atoms with Crippen LogP contribution >= 0.6 is 0 Å².